The maximum absolute atomic E-state index is 12.9. The highest BCUT2D eigenvalue weighted by Gasteiger charge is 2.18. The summed E-state index contributed by atoms with van der Waals surface area (Å²) in [6, 6.07) is 24.6. The predicted octanol–water partition coefficient (Wildman–Crippen LogP) is 5.38. The van der Waals surface area contributed by atoms with Crippen LogP contribution in [-0.2, 0) is 21.9 Å². The van der Waals surface area contributed by atoms with Crippen LogP contribution in [0, 0.1) is 0 Å². The van der Waals surface area contributed by atoms with Gasteiger partial charge in [-0.1, -0.05) is 81.4 Å². The smallest absolute Gasteiger partial charge is 0.261 e. The number of benzene rings is 3. The van der Waals surface area contributed by atoms with Gasteiger partial charge in [-0.05, 0) is 46.7 Å². The first-order chi connectivity index (χ1) is 12.8. The van der Waals surface area contributed by atoms with E-state index in [4.69, 9.17) is 0 Å². The minimum atomic E-state index is -3.64. The van der Waals surface area contributed by atoms with Crippen LogP contribution in [0.2, 0.25) is 0 Å². The first kappa shape index (κ1) is 19.2. The molecular formula is C23H25NO2S. The molecule has 0 aromatic heterocycles. The highest BCUT2D eigenvalue weighted by atomic mass is 32.2. The van der Waals surface area contributed by atoms with Gasteiger partial charge in [0.25, 0.3) is 10.0 Å². The second-order valence-electron chi connectivity index (χ2n) is 7.70. The molecule has 0 bridgehead atoms. The van der Waals surface area contributed by atoms with E-state index in [0.717, 1.165) is 16.7 Å². The zero-order valence-electron chi connectivity index (χ0n) is 15.9. The van der Waals surface area contributed by atoms with Crippen LogP contribution >= 0.6 is 0 Å². The van der Waals surface area contributed by atoms with E-state index in [1.54, 1.807) is 18.2 Å². The van der Waals surface area contributed by atoms with Gasteiger partial charge >= 0.3 is 0 Å². The van der Waals surface area contributed by atoms with Crippen molar-refractivity contribution in [1.82, 2.24) is 0 Å². The van der Waals surface area contributed by atoms with Gasteiger partial charge in [-0.3, -0.25) is 4.72 Å². The number of sulfonamides is 1. The van der Waals surface area contributed by atoms with Crippen LogP contribution < -0.4 is 4.72 Å². The van der Waals surface area contributed by atoms with E-state index in [1.807, 2.05) is 60.7 Å². The Morgan fingerprint density at radius 1 is 0.778 bits per heavy atom. The molecule has 0 saturated carbocycles. The standard InChI is InChI=1S/C23H25NO2S/c1-23(2,3)20-13-15-21(16-14-20)27(25,26)24-22-12-8-7-11-19(22)17-18-9-5-4-6-10-18/h4-16,24H,17H2,1-3H3. The van der Waals surface area contributed by atoms with Gasteiger partial charge in [0.05, 0.1) is 10.6 Å². The Hall–Kier alpha value is -2.59. The third-order valence-corrected chi connectivity index (χ3v) is 5.91. The Bertz CT molecular complexity index is 1000. The molecule has 0 spiro atoms. The van der Waals surface area contributed by atoms with Crippen molar-refractivity contribution in [3.8, 4) is 0 Å². The van der Waals surface area contributed by atoms with Crippen LogP contribution in [-0.4, -0.2) is 8.42 Å². The normalized spacial score (nSPS) is 12.0. The Morgan fingerprint density at radius 3 is 2.00 bits per heavy atom. The summed E-state index contributed by atoms with van der Waals surface area (Å²) in [4.78, 5) is 0.269. The molecule has 0 unspecified atom stereocenters. The van der Waals surface area contributed by atoms with E-state index in [1.165, 1.54) is 0 Å². The molecule has 27 heavy (non-hydrogen) atoms. The lowest BCUT2D eigenvalue weighted by Gasteiger charge is -2.19. The molecule has 4 heteroatoms. The van der Waals surface area contributed by atoms with Gasteiger partial charge < -0.3 is 0 Å². The van der Waals surface area contributed by atoms with E-state index in [-0.39, 0.29) is 10.3 Å². The zero-order valence-corrected chi connectivity index (χ0v) is 16.8. The van der Waals surface area contributed by atoms with Gasteiger partial charge in [0, 0.05) is 0 Å². The lowest BCUT2D eigenvalue weighted by molar-refractivity contribution is 0.587. The fraction of sp³-hybridized carbons (Fsp3) is 0.217. The molecule has 0 radical (unpaired) electrons. The molecule has 3 nitrogen and oxygen atoms in total. The first-order valence-electron chi connectivity index (χ1n) is 9.01. The third-order valence-electron chi connectivity index (χ3n) is 4.53. The topological polar surface area (TPSA) is 46.2 Å². The van der Waals surface area contributed by atoms with E-state index in [9.17, 15) is 8.42 Å². The molecule has 140 valence electrons. The van der Waals surface area contributed by atoms with Gasteiger partial charge in [-0.25, -0.2) is 8.42 Å². The highest BCUT2D eigenvalue weighted by Crippen LogP contribution is 2.26. The van der Waals surface area contributed by atoms with Gasteiger partial charge in [0.2, 0.25) is 0 Å². The SMILES string of the molecule is CC(C)(C)c1ccc(S(=O)(=O)Nc2ccccc2Cc2ccccc2)cc1. The van der Waals surface area contributed by atoms with Crippen molar-refractivity contribution in [1.29, 1.82) is 0 Å². The molecule has 0 aliphatic carbocycles. The van der Waals surface area contributed by atoms with E-state index < -0.39 is 10.0 Å². The van der Waals surface area contributed by atoms with Crippen molar-refractivity contribution < 1.29 is 8.42 Å². The van der Waals surface area contributed by atoms with Crippen molar-refractivity contribution in [2.45, 2.75) is 37.5 Å². The largest absolute Gasteiger partial charge is 0.279 e. The molecule has 0 aliphatic heterocycles. The van der Waals surface area contributed by atoms with Crippen molar-refractivity contribution in [2.24, 2.45) is 0 Å². The number of anilines is 1. The molecule has 0 amide bonds. The molecule has 3 rings (SSSR count). The summed E-state index contributed by atoms with van der Waals surface area (Å²) >= 11 is 0. The summed E-state index contributed by atoms with van der Waals surface area (Å²) in [5.41, 5.74) is 3.78. The molecule has 1 N–H and O–H groups in total. The fourth-order valence-corrected chi connectivity index (χ4v) is 4.03. The predicted molar refractivity (Wildman–Crippen MR) is 112 cm³/mol. The second kappa shape index (κ2) is 7.57. The molecule has 0 saturated heterocycles. The summed E-state index contributed by atoms with van der Waals surface area (Å²) in [6.45, 7) is 6.32. The van der Waals surface area contributed by atoms with Gasteiger partial charge in [0.1, 0.15) is 0 Å². The average Bonchev–Trinajstić information content (AvgIpc) is 2.63. The summed E-state index contributed by atoms with van der Waals surface area (Å²) in [5.74, 6) is 0. The molecule has 0 heterocycles. The lowest BCUT2D eigenvalue weighted by atomic mass is 9.87. The summed E-state index contributed by atoms with van der Waals surface area (Å²) in [7, 11) is -3.64. The minimum absolute atomic E-state index is 0.0159. The summed E-state index contributed by atoms with van der Waals surface area (Å²) in [6.07, 6.45) is 0.669. The maximum atomic E-state index is 12.9. The van der Waals surface area contributed by atoms with E-state index >= 15 is 0 Å². The maximum Gasteiger partial charge on any atom is 0.261 e. The molecule has 3 aromatic carbocycles. The van der Waals surface area contributed by atoms with Gasteiger partial charge in [0.15, 0.2) is 0 Å². The summed E-state index contributed by atoms with van der Waals surface area (Å²) < 4.78 is 28.5. The van der Waals surface area contributed by atoms with Crippen LogP contribution in [0.1, 0.15) is 37.5 Å². The average molecular weight is 380 g/mol. The number of para-hydroxylation sites is 1. The first-order valence-corrected chi connectivity index (χ1v) is 10.5. The zero-order chi connectivity index (χ0) is 19.5. The van der Waals surface area contributed by atoms with Crippen molar-refractivity contribution in [3.05, 3.63) is 95.6 Å². The molecule has 0 fully saturated rings. The third kappa shape index (κ3) is 4.77. The molecule has 0 atom stereocenters. The van der Waals surface area contributed by atoms with Gasteiger partial charge in [-0.2, -0.15) is 0 Å². The molecule has 3 aromatic rings. The number of nitrogens with one attached hydrogen (secondary N) is 1. The molecular weight excluding hydrogens is 354 g/mol. The highest BCUT2D eigenvalue weighted by molar-refractivity contribution is 7.92. The minimum Gasteiger partial charge on any atom is -0.279 e. The van der Waals surface area contributed by atoms with Crippen LogP contribution in [0.5, 0.6) is 0 Å². The fourth-order valence-electron chi connectivity index (χ4n) is 2.93. The molecule has 0 aliphatic rings. The quantitative estimate of drug-likeness (QED) is 0.647. The number of rotatable bonds is 5. The van der Waals surface area contributed by atoms with Crippen LogP contribution in [0.15, 0.2) is 83.8 Å². The van der Waals surface area contributed by atoms with Crippen LogP contribution in [0.3, 0.4) is 0 Å². The van der Waals surface area contributed by atoms with Crippen molar-refractivity contribution >= 4 is 15.7 Å². The van der Waals surface area contributed by atoms with Crippen molar-refractivity contribution in [2.75, 3.05) is 4.72 Å². The number of hydrogen-bond acceptors (Lipinski definition) is 2. The Kier molecular flexibility index (Phi) is 5.38. The van der Waals surface area contributed by atoms with E-state index in [2.05, 4.69) is 25.5 Å². The number of hydrogen-bond donors (Lipinski definition) is 1. The second-order valence-corrected chi connectivity index (χ2v) is 9.38. The van der Waals surface area contributed by atoms with Crippen LogP contribution in [0.25, 0.3) is 0 Å². The Morgan fingerprint density at radius 2 is 1.37 bits per heavy atom. The summed E-state index contributed by atoms with van der Waals surface area (Å²) in [5, 5.41) is 0. The van der Waals surface area contributed by atoms with Crippen molar-refractivity contribution in [3.63, 3.8) is 0 Å². The lowest BCUT2D eigenvalue weighted by Crippen LogP contribution is -2.15. The van der Waals surface area contributed by atoms with E-state index in [0.29, 0.717) is 12.1 Å². The van der Waals surface area contributed by atoms with Crippen LogP contribution in [0.4, 0.5) is 5.69 Å². The monoisotopic (exact) mass is 379 g/mol. The van der Waals surface area contributed by atoms with Gasteiger partial charge in [-0.15, -0.1) is 0 Å². The Balaban J connectivity index is 1.86. The Labute approximate surface area is 162 Å².